The van der Waals surface area contributed by atoms with E-state index in [1.165, 1.54) is 0 Å². The van der Waals surface area contributed by atoms with Crippen molar-refractivity contribution in [1.82, 2.24) is 0 Å². The molecule has 0 saturated heterocycles. The molecule has 108 valence electrons. The highest BCUT2D eigenvalue weighted by atomic mass is 32.2. The molecule has 0 amide bonds. The molecule has 1 heterocycles. The van der Waals surface area contributed by atoms with Gasteiger partial charge in [-0.15, -0.1) is 0 Å². The van der Waals surface area contributed by atoms with Gasteiger partial charge < -0.3 is 9.73 Å². The summed E-state index contributed by atoms with van der Waals surface area (Å²) in [7, 11) is -3.76. The lowest BCUT2D eigenvalue weighted by atomic mass is 10.3. The van der Waals surface area contributed by atoms with Gasteiger partial charge in [-0.2, -0.15) is 8.42 Å². The van der Waals surface area contributed by atoms with Crippen LogP contribution in [-0.4, -0.2) is 8.42 Å². The van der Waals surface area contributed by atoms with E-state index in [1.54, 1.807) is 18.2 Å². The fraction of sp³-hybridized carbons (Fsp3) is 0.231. The van der Waals surface area contributed by atoms with Gasteiger partial charge in [0.25, 0.3) is 10.2 Å². The SMILES string of the molecule is CCc1ccc(CNc2cccc(NS(N)(=O)=O)c2)o1. The maximum atomic E-state index is 11.0. The summed E-state index contributed by atoms with van der Waals surface area (Å²) in [6.45, 7) is 2.55. The van der Waals surface area contributed by atoms with Crippen molar-refractivity contribution in [3.05, 3.63) is 47.9 Å². The molecule has 20 heavy (non-hydrogen) atoms. The summed E-state index contributed by atoms with van der Waals surface area (Å²) in [5.74, 6) is 1.76. The number of benzene rings is 1. The van der Waals surface area contributed by atoms with E-state index in [0.29, 0.717) is 12.2 Å². The molecule has 0 aliphatic rings. The zero-order chi connectivity index (χ0) is 14.6. The van der Waals surface area contributed by atoms with Crippen LogP contribution in [0.3, 0.4) is 0 Å². The van der Waals surface area contributed by atoms with Crippen molar-refractivity contribution in [1.29, 1.82) is 0 Å². The number of anilines is 2. The van der Waals surface area contributed by atoms with Gasteiger partial charge in [-0.05, 0) is 30.3 Å². The van der Waals surface area contributed by atoms with Crippen molar-refractivity contribution in [2.24, 2.45) is 5.14 Å². The van der Waals surface area contributed by atoms with E-state index in [1.807, 2.05) is 25.1 Å². The molecule has 0 atom stereocenters. The lowest BCUT2D eigenvalue weighted by Gasteiger charge is -2.08. The van der Waals surface area contributed by atoms with Crippen molar-refractivity contribution in [2.45, 2.75) is 19.9 Å². The monoisotopic (exact) mass is 295 g/mol. The van der Waals surface area contributed by atoms with Crippen molar-refractivity contribution >= 4 is 21.6 Å². The number of hydrogen-bond donors (Lipinski definition) is 3. The number of nitrogens with one attached hydrogen (secondary N) is 2. The van der Waals surface area contributed by atoms with Crippen LogP contribution in [0.2, 0.25) is 0 Å². The van der Waals surface area contributed by atoms with Crippen LogP contribution in [0.15, 0.2) is 40.8 Å². The topological polar surface area (TPSA) is 97.4 Å². The maximum Gasteiger partial charge on any atom is 0.296 e. The minimum atomic E-state index is -3.76. The first kappa shape index (κ1) is 14.4. The Balaban J connectivity index is 2.01. The molecule has 0 bridgehead atoms. The smallest absolute Gasteiger partial charge is 0.296 e. The number of hydrogen-bond acceptors (Lipinski definition) is 4. The minimum absolute atomic E-state index is 0.409. The highest BCUT2D eigenvalue weighted by Gasteiger charge is 2.04. The number of nitrogens with two attached hydrogens (primary N) is 1. The first-order chi connectivity index (χ1) is 9.46. The second-order valence-electron chi connectivity index (χ2n) is 4.30. The highest BCUT2D eigenvalue weighted by Crippen LogP contribution is 2.17. The Morgan fingerprint density at radius 3 is 2.50 bits per heavy atom. The molecule has 6 nitrogen and oxygen atoms in total. The standard InChI is InChI=1S/C13H17N3O3S/c1-2-12-6-7-13(19-12)9-15-10-4-3-5-11(8-10)16-20(14,17)18/h3-8,15-16H,2,9H2,1H3,(H2,14,17,18). The quantitative estimate of drug-likeness (QED) is 0.760. The third-order valence-electron chi connectivity index (χ3n) is 2.66. The summed E-state index contributed by atoms with van der Waals surface area (Å²) in [5.41, 5.74) is 1.18. The Morgan fingerprint density at radius 2 is 1.85 bits per heavy atom. The van der Waals surface area contributed by atoms with Crippen LogP contribution >= 0.6 is 0 Å². The van der Waals surface area contributed by atoms with Gasteiger partial charge in [0.05, 0.1) is 12.2 Å². The second kappa shape index (κ2) is 5.98. The van der Waals surface area contributed by atoms with Crippen molar-refractivity contribution in [3.8, 4) is 0 Å². The lowest BCUT2D eigenvalue weighted by Crippen LogP contribution is -2.21. The van der Waals surface area contributed by atoms with Crippen LogP contribution in [0.4, 0.5) is 11.4 Å². The average molecular weight is 295 g/mol. The Hall–Kier alpha value is -1.99. The Morgan fingerprint density at radius 1 is 1.15 bits per heavy atom. The van der Waals surface area contributed by atoms with Gasteiger partial charge in [-0.1, -0.05) is 13.0 Å². The third kappa shape index (κ3) is 4.29. The third-order valence-corrected chi connectivity index (χ3v) is 3.18. The molecule has 0 aliphatic carbocycles. The Kier molecular flexibility index (Phi) is 4.31. The van der Waals surface area contributed by atoms with Gasteiger partial charge in [0.1, 0.15) is 11.5 Å². The molecule has 0 unspecified atom stereocenters. The van der Waals surface area contributed by atoms with Gasteiger partial charge in [-0.25, -0.2) is 5.14 Å². The van der Waals surface area contributed by atoms with E-state index >= 15 is 0 Å². The van der Waals surface area contributed by atoms with E-state index in [9.17, 15) is 8.42 Å². The first-order valence-electron chi connectivity index (χ1n) is 6.18. The van der Waals surface area contributed by atoms with Crippen LogP contribution in [0.25, 0.3) is 0 Å². The zero-order valence-corrected chi connectivity index (χ0v) is 11.9. The molecule has 1 aromatic carbocycles. The van der Waals surface area contributed by atoms with Gasteiger partial charge in [0, 0.05) is 12.1 Å². The Bertz CT molecular complexity index is 680. The van der Waals surface area contributed by atoms with Gasteiger partial charge in [0.2, 0.25) is 0 Å². The summed E-state index contributed by atoms with van der Waals surface area (Å²) in [6.07, 6.45) is 0.855. The molecule has 4 N–H and O–H groups in total. The van der Waals surface area contributed by atoms with Crippen molar-refractivity contribution in [2.75, 3.05) is 10.0 Å². The summed E-state index contributed by atoms with van der Waals surface area (Å²) in [4.78, 5) is 0. The van der Waals surface area contributed by atoms with E-state index < -0.39 is 10.2 Å². The lowest BCUT2D eigenvalue weighted by molar-refractivity contribution is 0.476. The van der Waals surface area contributed by atoms with Crippen LogP contribution in [-0.2, 0) is 23.2 Å². The molecular formula is C13H17N3O3S. The maximum absolute atomic E-state index is 11.0. The van der Waals surface area contributed by atoms with Gasteiger partial charge in [0.15, 0.2) is 0 Å². The average Bonchev–Trinajstić information content (AvgIpc) is 2.83. The molecule has 7 heteroatoms. The molecule has 0 radical (unpaired) electrons. The molecule has 0 aliphatic heterocycles. The fourth-order valence-electron chi connectivity index (χ4n) is 1.75. The number of rotatable bonds is 6. The predicted molar refractivity (Wildman–Crippen MR) is 78.6 cm³/mol. The van der Waals surface area contributed by atoms with E-state index in [-0.39, 0.29) is 0 Å². The minimum Gasteiger partial charge on any atom is -0.464 e. The van der Waals surface area contributed by atoms with E-state index in [0.717, 1.165) is 23.6 Å². The molecule has 2 rings (SSSR count). The molecule has 0 saturated carbocycles. The normalized spacial score (nSPS) is 11.3. The molecule has 0 spiro atoms. The van der Waals surface area contributed by atoms with Crippen LogP contribution in [0.5, 0.6) is 0 Å². The fourth-order valence-corrected chi connectivity index (χ4v) is 2.21. The molecule has 1 aromatic heterocycles. The summed E-state index contributed by atoms with van der Waals surface area (Å²) in [6, 6.07) is 10.7. The van der Waals surface area contributed by atoms with Crippen LogP contribution < -0.4 is 15.2 Å². The Labute approximate surface area is 118 Å². The number of aryl methyl sites for hydroxylation is 1. The van der Waals surface area contributed by atoms with Crippen molar-refractivity contribution < 1.29 is 12.8 Å². The number of furan rings is 1. The summed E-state index contributed by atoms with van der Waals surface area (Å²) < 4.78 is 29.7. The van der Waals surface area contributed by atoms with Gasteiger partial charge >= 0.3 is 0 Å². The molecule has 0 fully saturated rings. The summed E-state index contributed by atoms with van der Waals surface area (Å²) in [5, 5.41) is 8.08. The second-order valence-corrected chi connectivity index (χ2v) is 5.60. The molecule has 2 aromatic rings. The molecular weight excluding hydrogens is 278 g/mol. The predicted octanol–water partition coefficient (Wildman–Crippen LogP) is 2.07. The van der Waals surface area contributed by atoms with E-state index in [2.05, 4.69) is 10.0 Å². The van der Waals surface area contributed by atoms with Gasteiger partial charge in [-0.3, -0.25) is 4.72 Å². The van der Waals surface area contributed by atoms with Crippen LogP contribution in [0.1, 0.15) is 18.4 Å². The van der Waals surface area contributed by atoms with Crippen LogP contribution in [0, 0.1) is 0 Å². The van der Waals surface area contributed by atoms with E-state index in [4.69, 9.17) is 9.56 Å². The first-order valence-corrected chi connectivity index (χ1v) is 7.73. The zero-order valence-electron chi connectivity index (χ0n) is 11.1. The van der Waals surface area contributed by atoms with Crippen molar-refractivity contribution in [3.63, 3.8) is 0 Å². The summed E-state index contributed by atoms with van der Waals surface area (Å²) >= 11 is 0. The largest absolute Gasteiger partial charge is 0.464 e. The highest BCUT2D eigenvalue weighted by molar-refractivity contribution is 7.90.